The molecule has 1 aromatic rings. The van der Waals surface area contributed by atoms with Crippen LogP contribution in [0, 0.1) is 10.1 Å². The van der Waals surface area contributed by atoms with Crippen LogP contribution in [0.2, 0.25) is 0 Å². The summed E-state index contributed by atoms with van der Waals surface area (Å²) in [7, 11) is 1.66. The number of hydrogen-bond donors (Lipinski definition) is 2. The number of thioether (sulfide) groups is 1. The van der Waals surface area contributed by atoms with Gasteiger partial charge in [0.25, 0.3) is 5.69 Å². The van der Waals surface area contributed by atoms with Gasteiger partial charge in [-0.2, -0.15) is 0 Å². The molecule has 1 aliphatic rings. The summed E-state index contributed by atoms with van der Waals surface area (Å²) in [6, 6.07) is 6.60. The molecule has 7 heteroatoms. The molecule has 0 saturated heterocycles. The molecule has 0 heterocycles. The Morgan fingerprint density at radius 2 is 2.24 bits per heavy atom. The normalized spacial score (nSPS) is 25.5. The van der Waals surface area contributed by atoms with E-state index < -0.39 is 16.4 Å². The number of carbonyl (C=O) groups is 1. The molecular formula is C14H18N2O4S. The summed E-state index contributed by atoms with van der Waals surface area (Å²) >= 11 is 1.41. The van der Waals surface area contributed by atoms with Crippen molar-refractivity contribution in [2.45, 2.75) is 41.4 Å². The molecule has 0 aromatic heterocycles. The number of nitro benzene ring substituents is 1. The summed E-state index contributed by atoms with van der Waals surface area (Å²) in [4.78, 5) is 22.7. The maximum Gasteiger partial charge on any atom is 0.323 e. The van der Waals surface area contributed by atoms with Gasteiger partial charge in [0.1, 0.15) is 5.54 Å². The van der Waals surface area contributed by atoms with Gasteiger partial charge in [0, 0.05) is 11.3 Å². The van der Waals surface area contributed by atoms with Crippen molar-refractivity contribution < 1.29 is 14.8 Å². The predicted octanol–water partition coefficient (Wildman–Crippen LogP) is 2.67. The average molecular weight is 310 g/mol. The highest BCUT2D eigenvalue weighted by Gasteiger charge is 2.42. The van der Waals surface area contributed by atoms with Crippen molar-refractivity contribution in [2.75, 3.05) is 7.05 Å². The highest BCUT2D eigenvalue weighted by atomic mass is 32.2. The van der Waals surface area contributed by atoms with Crippen molar-refractivity contribution in [1.82, 2.24) is 5.32 Å². The van der Waals surface area contributed by atoms with Crippen LogP contribution in [-0.4, -0.2) is 33.8 Å². The Bertz CT molecular complexity index is 552. The summed E-state index contributed by atoms with van der Waals surface area (Å²) in [5.74, 6) is -0.849. The standard InChI is InChI=1S/C14H18N2O4S/c1-15-14(13(17)18)8-4-5-10(9-14)21-12-7-3-2-6-11(12)16(19)20/h2-3,6-7,10,15H,4-5,8-9H2,1H3,(H,17,18). The highest BCUT2D eigenvalue weighted by molar-refractivity contribution is 8.00. The first-order chi connectivity index (χ1) is 9.98. The summed E-state index contributed by atoms with van der Waals surface area (Å²) in [6.45, 7) is 0. The molecule has 1 saturated carbocycles. The number of rotatable bonds is 5. The topological polar surface area (TPSA) is 92.5 Å². The molecule has 2 rings (SSSR count). The molecule has 0 radical (unpaired) electrons. The zero-order chi connectivity index (χ0) is 15.5. The fourth-order valence-corrected chi connectivity index (χ4v) is 4.17. The van der Waals surface area contributed by atoms with Crippen molar-refractivity contribution in [3.05, 3.63) is 34.4 Å². The predicted molar refractivity (Wildman–Crippen MR) is 80.6 cm³/mol. The van der Waals surface area contributed by atoms with Gasteiger partial charge >= 0.3 is 5.97 Å². The molecule has 0 bridgehead atoms. The van der Waals surface area contributed by atoms with Gasteiger partial charge in [0.2, 0.25) is 0 Å². The maximum absolute atomic E-state index is 11.5. The van der Waals surface area contributed by atoms with Crippen LogP contribution in [0.15, 0.2) is 29.2 Å². The largest absolute Gasteiger partial charge is 0.480 e. The molecule has 1 aromatic carbocycles. The Kier molecular flexibility index (Phi) is 4.84. The van der Waals surface area contributed by atoms with Gasteiger partial charge in [-0.05, 0) is 38.8 Å². The van der Waals surface area contributed by atoms with E-state index in [9.17, 15) is 20.0 Å². The summed E-state index contributed by atoms with van der Waals surface area (Å²) in [5, 5.41) is 23.5. The fourth-order valence-electron chi connectivity index (χ4n) is 2.74. The van der Waals surface area contributed by atoms with Gasteiger partial charge in [0.05, 0.1) is 9.82 Å². The van der Waals surface area contributed by atoms with Gasteiger partial charge < -0.3 is 10.4 Å². The van der Waals surface area contributed by atoms with Crippen molar-refractivity contribution in [1.29, 1.82) is 0 Å². The molecule has 0 spiro atoms. The van der Waals surface area contributed by atoms with E-state index in [1.807, 2.05) is 0 Å². The van der Waals surface area contributed by atoms with Gasteiger partial charge in [0.15, 0.2) is 0 Å². The van der Waals surface area contributed by atoms with Crippen LogP contribution < -0.4 is 5.32 Å². The first-order valence-electron chi connectivity index (χ1n) is 6.81. The SMILES string of the molecule is CNC1(C(=O)O)CCCC(Sc2ccccc2[N+](=O)[O-])C1. The van der Waals surface area contributed by atoms with E-state index in [0.29, 0.717) is 17.7 Å². The third-order valence-electron chi connectivity index (χ3n) is 3.95. The second-order valence-corrected chi connectivity index (χ2v) is 6.54. The second kappa shape index (κ2) is 6.44. The Morgan fingerprint density at radius 1 is 1.52 bits per heavy atom. The number of nitro groups is 1. The second-order valence-electron chi connectivity index (χ2n) is 5.20. The smallest absolute Gasteiger partial charge is 0.323 e. The van der Waals surface area contributed by atoms with Crippen LogP contribution in [0.3, 0.4) is 0 Å². The number of nitrogens with zero attached hydrogens (tertiary/aromatic N) is 1. The number of carboxylic acids is 1. The Balaban J connectivity index is 2.17. The number of para-hydroxylation sites is 1. The third-order valence-corrected chi connectivity index (χ3v) is 5.28. The Labute approximate surface area is 127 Å². The molecule has 2 N–H and O–H groups in total. The zero-order valence-corrected chi connectivity index (χ0v) is 12.6. The first kappa shape index (κ1) is 15.8. The quantitative estimate of drug-likeness (QED) is 0.641. The number of hydrogen-bond acceptors (Lipinski definition) is 5. The van der Waals surface area contributed by atoms with Crippen molar-refractivity contribution in [3.8, 4) is 0 Å². The molecule has 2 atom stereocenters. The van der Waals surface area contributed by atoms with E-state index in [0.717, 1.165) is 12.8 Å². The molecule has 6 nitrogen and oxygen atoms in total. The van der Waals surface area contributed by atoms with Crippen molar-refractivity contribution >= 4 is 23.4 Å². The van der Waals surface area contributed by atoms with E-state index in [1.165, 1.54) is 17.8 Å². The number of nitrogens with one attached hydrogen (secondary N) is 1. The lowest BCUT2D eigenvalue weighted by Gasteiger charge is -2.37. The Hall–Kier alpha value is -1.60. The Morgan fingerprint density at radius 3 is 2.86 bits per heavy atom. The van der Waals surface area contributed by atoms with E-state index in [2.05, 4.69) is 5.32 Å². The highest BCUT2D eigenvalue weighted by Crippen LogP contribution is 2.41. The number of carboxylic acid groups (broad SMARTS) is 1. The molecule has 2 unspecified atom stereocenters. The minimum absolute atomic E-state index is 0.0587. The van der Waals surface area contributed by atoms with E-state index in [1.54, 1.807) is 25.2 Å². The lowest BCUT2D eigenvalue weighted by atomic mass is 9.81. The molecule has 21 heavy (non-hydrogen) atoms. The summed E-state index contributed by atoms with van der Waals surface area (Å²) in [6.07, 6.45) is 2.72. The monoisotopic (exact) mass is 310 g/mol. The zero-order valence-electron chi connectivity index (χ0n) is 11.7. The van der Waals surface area contributed by atoms with E-state index >= 15 is 0 Å². The van der Waals surface area contributed by atoms with Crippen molar-refractivity contribution in [2.24, 2.45) is 0 Å². The van der Waals surface area contributed by atoms with Crippen LogP contribution in [0.25, 0.3) is 0 Å². The summed E-state index contributed by atoms with van der Waals surface area (Å²) in [5.41, 5.74) is -0.835. The van der Waals surface area contributed by atoms with E-state index in [4.69, 9.17) is 0 Å². The minimum Gasteiger partial charge on any atom is -0.480 e. The average Bonchev–Trinajstić information content (AvgIpc) is 2.47. The van der Waals surface area contributed by atoms with Gasteiger partial charge in [-0.25, -0.2) is 0 Å². The molecule has 1 aliphatic carbocycles. The number of benzene rings is 1. The number of likely N-dealkylation sites (N-methyl/N-ethyl adjacent to an activating group) is 1. The lowest BCUT2D eigenvalue weighted by Crippen LogP contribution is -2.53. The van der Waals surface area contributed by atoms with Crippen LogP contribution in [0.4, 0.5) is 5.69 Å². The van der Waals surface area contributed by atoms with Crippen LogP contribution in [0.5, 0.6) is 0 Å². The first-order valence-corrected chi connectivity index (χ1v) is 7.69. The van der Waals surface area contributed by atoms with Crippen molar-refractivity contribution in [3.63, 3.8) is 0 Å². The maximum atomic E-state index is 11.5. The molecule has 0 aliphatic heterocycles. The van der Waals surface area contributed by atoms with E-state index in [-0.39, 0.29) is 10.9 Å². The van der Waals surface area contributed by atoms with Crippen LogP contribution in [0.1, 0.15) is 25.7 Å². The fraction of sp³-hybridized carbons (Fsp3) is 0.500. The van der Waals surface area contributed by atoms with Crippen LogP contribution in [-0.2, 0) is 4.79 Å². The molecule has 0 amide bonds. The van der Waals surface area contributed by atoms with Gasteiger partial charge in [-0.3, -0.25) is 14.9 Å². The molecule has 114 valence electrons. The van der Waals surface area contributed by atoms with Crippen LogP contribution >= 0.6 is 11.8 Å². The third kappa shape index (κ3) is 3.36. The van der Waals surface area contributed by atoms with Gasteiger partial charge in [-0.15, -0.1) is 11.8 Å². The molecule has 1 fully saturated rings. The number of aliphatic carboxylic acids is 1. The van der Waals surface area contributed by atoms with Gasteiger partial charge in [-0.1, -0.05) is 12.1 Å². The summed E-state index contributed by atoms with van der Waals surface area (Å²) < 4.78 is 0. The molecular weight excluding hydrogens is 292 g/mol. The lowest BCUT2D eigenvalue weighted by molar-refractivity contribution is -0.387. The minimum atomic E-state index is -0.917.